The monoisotopic (exact) mass is 332 g/mol. The average molecular weight is 332 g/mol. The van der Waals surface area contributed by atoms with E-state index in [9.17, 15) is 8.42 Å². The second-order valence-corrected chi connectivity index (χ2v) is 7.00. The largest absolute Gasteiger partial charge is 0.275 e. The van der Waals surface area contributed by atoms with E-state index in [4.69, 9.17) is 12.2 Å². The molecule has 0 atom stereocenters. The number of nitrogens with zero attached hydrogens (tertiary/aromatic N) is 3. The van der Waals surface area contributed by atoms with E-state index in [1.165, 1.54) is 18.6 Å². The van der Waals surface area contributed by atoms with Crippen molar-refractivity contribution >= 4 is 22.1 Å². The Morgan fingerprint density at radius 2 is 1.86 bits per heavy atom. The molecule has 0 bridgehead atoms. The molecule has 112 valence electrons. The number of aryl methyl sites for hydroxylation is 1. The summed E-state index contributed by atoms with van der Waals surface area (Å²) in [6, 6.07) is 9.51. The molecule has 1 aromatic carbocycles. The Hall–Kier alpha value is -2.32. The lowest BCUT2D eigenvalue weighted by Gasteiger charge is -2.07. The van der Waals surface area contributed by atoms with Crippen LogP contribution in [0, 0.1) is 11.7 Å². The highest BCUT2D eigenvalue weighted by atomic mass is 32.2. The molecule has 0 spiro atoms. The Bertz CT molecular complexity index is 972. The van der Waals surface area contributed by atoms with Crippen LogP contribution in [-0.2, 0) is 9.84 Å². The Labute approximate surface area is 132 Å². The van der Waals surface area contributed by atoms with Crippen molar-refractivity contribution in [2.75, 3.05) is 0 Å². The number of pyridine rings is 1. The Morgan fingerprint density at radius 3 is 2.45 bits per heavy atom. The highest BCUT2D eigenvalue weighted by Crippen LogP contribution is 2.22. The minimum Gasteiger partial charge on any atom is -0.275 e. The first-order chi connectivity index (χ1) is 10.5. The summed E-state index contributed by atoms with van der Waals surface area (Å²) >= 11 is 5.08. The van der Waals surface area contributed by atoms with Crippen LogP contribution in [0.3, 0.4) is 0 Å². The molecule has 0 aliphatic carbocycles. The fourth-order valence-corrected chi connectivity index (χ4v) is 3.58. The van der Waals surface area contributed by atoms with Crippen LogP contribution in [-0.4, -0.2) is 28.2 Å². The van der Waals surface area contributed by atoms with Gasteiger partial charge in [-0.3, -0.25) is 14.6 Å². The van der Waals surface area contributed by atoms with Gasteiger partial charge in [-0.05, 0) is 55.5 Å². The predicted molar refractivity (Wildman–Crippen MR) is 83.2 cm³/mol. The third kappa shape index (κ3) is 2.58. The molecule has 0 fully saturated rings. The van der Waals surface area contributed by atoms with Crippen LogP contribution in [0.25, 0.3) is 5.69 Å². The number of sulfone groups is 1. The molecule has 0 saturated heterocycles. The van der Waals surface area contributed by atoms with Gasteiger partial charge in [0.25, 0.3) is 0 Å². The van der Waals surface area contributed by atoms with Gasteiger partial charge in [-0.25, -0.2) is 8.42 Å². The van der Waals surface area contributed by atoms with E-state index < -0.39 is 9.84 Å². The Morgan fingerprint density at radius 1 is 1.14 bits per heavy atom. The van der Waals surface area contributed by atoms with Gasteiger partial charge in [0.05, 0.1) is 9.79 Å². The van der Waals surface area contributed by atoms with Gasteiger partial charge in [0.2, 0.25) is 9.84 Å². The molecule has 2 heterocycles. The number of nitrogens with one attached hydrogen (secondary N) is 1. The summed E-state index contributed by atoms with van der Waals surface area (Å²) in [6.45, 7) is 1.75. The first-order valence-electron chi connectivity index (χ1n) is 6.39. The third-order valence-electron chi connectivity index (χ3n) is 3.16. The Kier molecular flexibility index (Phi) is 3.63. The van der Waals surface area contributed by atoms with E-state index in [1.807, 2.05) is 0 Å². The van der Waals surface area contributed by atoms with Crippen LogP contribution >= 0.6 is 12.2 Å². The average Bonchev–Trinajstić information content (AvgIpc) is 2.93. The van der Waals surface area contributed by atoms with Crippen LogP contribution in [0.4, 0.5) is 0 Å². The van der Waals surface area contributed by atoms with E-state index >= 15 is 0 Å². The van der Waals surface area contributed by atoms with Crippen molar-refractivity contribution in [1.82, 2.24) is 19.7 Å². The van der Waals surface area contributed by atoms with Gasteiger partial charge >= 0.3 is 0 Å². The van der Waals surface area contributed by atoms with Crippen LogP contribution in [0.5, 0.6) is 0 Å². The topological polar surface area (TPSA) is 80.6 Å². The minimum atomic E-state index is -3.56. The van der Waals surface area contributed by atoms with Gasteiger partial charge < -0.3 is 0 Å². The van der Waals surface area contributed by atoms with Crippen molar-refractivity contribution in [2.45, 2.75) is 16.7 Å². The van der Waals surface area contributed by atoms with E-state index in [-0.39, 0.29) is 9.79 Å². The molecule has 1 N–H and O–H groups in total. The SMILES string of the molecule is Cc1cc(S(=O)(=O)c2ccc(-n3cn[nH]c3=S)cc2)ccn1. The normalized spacial score (nSPS) is 11.5. The quantitative estimate of drug-likeness (QED) is 0.745. The second kappa shape index (κ2) is 5.47. The van der Waals surface area contributed by atoms with Gasteiger partial charge in [-0.15, -0.1) is 0 Å². The highest BCUT2D eigenvalue weighted by Gasteiger charge is 2.17. The molecule has 3 rings (SSSR count). The molecule has 0 unspecified atom stereocenters. The van der Waals surface area contributed by atoms with Gasteiger partial charge in [0.15, 0.2) is 4.77 Å². The van der Waals surface area contributed by atoms with Crippen molar-refractivity contribution in [2.24, 2.45) is 0 Å². The van der Waals surface area contributed by atoms with E-state index in [0.29, 0.717) is 10.5 Å². The fourth-order valence-electron chi connectivity index (χ4n) is 2.04. The van der Waals surface area contributed by atoms with Crippen LogP contribution < -0.4 is 0 Å². The van der Waals surface area contributed by atoms with Crippen molar-refractivity contribution < 1.29 is 8.42 Å². The maximum absolute atomic E-state index is 12.6. The molecule has 0 radical (unpaired) electrons. The third-order valence-corrected chi connectivity index (χ3v) is 5.21. The van der Waals surface area contributed by atoms with Gasteiger partial charge in [-0.1, -0.05) is 0 Å². The van der Waals surface area contributed by atoms with Crippen molar-refractivity contribution in [3.05, 3.63) is 59.4 Å². The lowest BCUT2D eigenvalue weighted by atomic mass is 10.3. The molecule has 8 heteroatoms. The van der Waals surface area contributed by atoms with Crippen LogP contribution in [0.2, 0.25) is 0 Å². The summed E-state index contributed by atoms with van der Waals surface area (Å²) in [5, 5.41) is 6.48. The zero-order valence-corrected chi connectivity index (χ0v) is 13.2. The van der Waals surface area contributed by atoms with Crippen molar-refractivity contribution in [3.8, 4) is 5.69 Å². The molecule has 6 nitrogen and oxygen atoms in total. The van der Waals surface area contributed by atoms with Crippen LogP contribution in [0.15, 0.2) is 58.7 Å². The van der Waals surface area contributed by atoms with Crippen molar-refractivity contribution in [3.63, 3.8) is 0 Å². The number of rotatable bonds is 3. The molecule has 22 heavy (non-hydrogen) atoms. The maximum Gasteiger partial charge on any atom is 0.206 e. The number of aromatic nitrogens is 4. The van der Waals surface area contributed by atoms with Crippen LogP contribution in [0.1, 0.15) is 5.69 Å². The van der Waals surface area contributed by atoms with Gasteiger partial charge in [0, 0.05) is 17.6 Å². The number of H-pyrrole nitrogens is 1. The Balaban J connectivity index is 2.03. The summed E-state index contributed by atoms with van der Waals surface area (Å²) in [4.78, 5) is 4.46. The molecule has 0 aliphatic rings. The zero-order valence-electron chi connectivity index (χ0n) is 11.6. The molecule has 0 amide bonds. The number of hydrogen-bond acceptors (Lipinski definition) is 5. The lowest BCUT2D eigenvalue weighted by Crippen LogP contribution is -2.03. The molecular formula is C14H12N4O2S2. The van der Waals surface area contributed by atoms with E-state index in [2.05, 4.69) is 15.2 Å². The summed E-state index contributed by atoms with van der Waals surface area (Å²) in [5.41, 5.74) is 1.39. The van der Waals surface area contributed by atoms with E-state index in [0.717, 1.165) is 5.69 Å². The zero-order chi connectivity index (χ0) is 15.7. The smallest absolute Gasteiger partial charge is 0.206 e. The standard InChI is InChI=1S/C14H12N4O2S2/c1-10-8-13(6-7-15-10)22(19,20)12-4-2-11(3-5-12)18-9-16-17-14(18)21/h2-9H,1H3,(H,17,21). The predicted octanol–water partition coefficient (Wildman–Crippen LogP) is 2.47. The summed E-state index contributed by atoms with van der Waals surface area (Å²) in [7, 11) is -3.56. The second-order valence-electron chi connectivity index (χ2n) is 4.66. The van der Waals surface area contributed by atoms with E-state index in [1.54, 1.807) is 41.8 Å². The summed E-state index contributed by atoms with van der Waals surface area (Å²) < 4.78 is 27.3. The minimum absolute atomic E-state index is 0.219. The highest BCUT2D eigenvalue weighted by molar-refractivity contribution is 7.91. The number of hydrogen-bond donors (Lipinski definition) is 1. The lowest BCUT2D eigenvalue weighted by molar-refractivity contribution is 0.596. The fraction of sp³-hybridized carbons (Fsp3) is 0.0714. The molecular weight excluding hydrogens is 320 g/mol. The first kappa shape index (κ1) is 14.6. The van der Waals surface area contributed by atoms with Gasteiger partial charge in [0.1, 0.15) is 6.33 Å². The first-order valence-corrected chi connectivity index (χ1v) is 8.28. The van der Waals surface area contributed by atoms with Crippen molar-refractivity contribution in [1.29, 1.82) is 0 Å². The molecule has 0 aliphatic heterocycles. The van der Waals surface area contributed by atoms with Gasteiger partial charge in [-0.2, -0.15) is 5.10 Å². The number of benzene rings is 1. The number of aromatic amines is 1. The molecule has 3 aromatic rings. The molecule has 2 aromatic heterocycles. The molecule has 0 saturated carbocycles. The summed E-state index contributed by atoms with van der Waals surface area (Å²) in [5.74, 6) is 0. The summed E-state index contributed by atoms with van der Waals surface area (Å²) in [6.07, 6.45) is 3.03. The maximum atomic E-state index is 12.6.